The van der Waals surface area contributed by atoms with Gasteiger partial charge >= 0.3 is 5.69 Å². The molecule has 0 fully saturated rings. The molecule has 26 heavy (non-hydrogen) atoms. The first-order chi connectivity index (χ1) is 12.4. The third kappa shape index (κ3) is 2.68. The van der Waals surface area contributed by atoms with Gasteiger partial charge in [-0.1, -0.05) is 12.2 Å². The molecule has 2 aromatic rings. The minimum Gasteiger partial charge on any atom is -0.396 e. The van der Waals surface area contributed by atoms with Gasteiger partial charge in [0, 0.05) is 26.7 Å². The van der Waals surface area contributed by atoms with E-state index in [4.69, 9.17) is 5.11 Å². The number of imidazole rings is 1. The molecule has 0 saturated carbocycles. The zero-order chi connectivity index (χ0) is 19.0. The smallest absolute Gasteiger partial charge is 0.332 e. The molecule has 1 aliphatic rings. The van der Waals surface area contributed by atoms with Gasteiger partial charge in [-0.3, -0.25) is 18.5 Å². The lowest BCUT2D eigenvalue weighted by atomic mass is 10.2. The molecule has 0 amide bonds. The summed E-state index contributed by atoms with van der Waals surface area (Å²) in [4.78, 5) is 30.2. The van der Waals surface area contributed by atoms with E-state index < -0.39 is 5.69 Å². The van der Waals surface area contributed by atoms with Gasteiger partial charge in [-0.05, 0) is 27.2 Å². The number of aliphatic hydroxyl groups is 1. The molecular weight excluding hydrogens is 336 g/mol. The Bertz CT molecular complexity index is 1010. The molecule has 1 aliphatic heterocycles. The van der Waals surface area contributed by atoms with Crippen LogP contribution in [0, 0.1) is 0 Å². The van der Waals surface area contributed by atoms with Gasteiger partial charge < -0.3 is 5.11 Å². The molecule has 1 atom stereocenters. The second-order valence-electron chi connectivity index (χ2n) is 6.40. The highest BCUT2D eigenvalue weighted by Crippen LogP contribution is 2.29. The molecule has 140 valence electrons. The van der Waals surface area contributed by atoms with E-state index >= 15 is 0 Å². The van der Waals surface area contributed by atoms with Gasteiger partial charge in [-0.2, -0.15) is 10.1 Å². The van der Waals surface area contributed by atoms with E-state index in [0.29, 0.717) is 30.1 Å². The average molecular weight is 360 g/mol. The summed E-state index contributed by atoms with van der Waals surface area (Å²) in [5.74, 6) is 0.516. The van der Waals surface area contributed by atoms with Crippen LogP contribution in [0.25, 0.3) is 11.2 Å². The fourth-order valence-electron chi connectivity index (χ4n) is 3.12. The van der Waals surface area contributed by atoms with Crippen molar-refractivity contribution in [1.82, 2.24) is 18.7 Å². The predicted octanol–water partition coefficient (Wildman–Crippen LogP) is 0.612. The number of aromatic nitrogens is 4. The molecule has 9 heteroatoms. The molecule has 0 spiro atoms. The molecular formula is C17H24N6O3. The molecule has 2 aromatic heterocycles. The van der Waals surface area contributed by atoms with Crippen LogP contribution in [-0.4, -0.2) is 42.7 Å². The van der Waals surface area contributed by atoms with E-state index in [2.05, 4.69) is 10.1 Å². The van der Waals surface area contributed by atoms with Crippen LogP contribution in [0.15, 0.2) is 26.8 Å². The number of allylic oxidation sites excluding steroid dienone is 2. The average Bonchev–Trinajstić information content (AvgIpc) is 3.03. The fraction of sp³-hybridized carbons (Fsp3) is 0.529. The zero-order valence-electron chi connectivity index (χ0n) is 15.5. The Balaban J connectivity index is 2.32. The van der Waals surface area contributed by atoms with Gasteiger partial charge in [-0.25, -0.2) is 9.80 Å². The van der Waals surface area contributed by atoms with Crippen LogP contribution in [0.5, 0.6) is 0 Å². The Hall–Kier alpha value is -2.68. The summed E-state index contributed by atoms with van der Waals surface area (Å²) in [6, 6.07) is -0.152. The lowest BCUT2D eigenvalue weighted by molar-refractivity contribution is 0.289. The standard InChI is InChI=1S/C17H24N6O3/c1-5-6-8-21-15(25)13-14(20(4)17(21)26)18-16-22(9-7-10-24)19-11(2)12(3)23(13)16/h5-6,12,24H,7-10H2,1-4H3. The van der Waals surface area contributed by atoms with E-state index in [9.17, 15) is 9.59 Å². The predicted molar refractivity (Wildman–Crippen MR) is 101 cm³/mol. The van der Waals surface area contributed by atoms with Crippen molar-refractivity contribution in [3.05, 3.63) is 33.0 Å². The van der Waals surface area contributed by atoms with Crippen LogP contribution >= 0.6 is 0 Å². The highest BCUT2D eigenvalue weighted by molar-refractivity contribution is 5.91. The van der Waals surface area contributed by atoms with Crippen molar-refractivity contribution in [3.8, 4) is 0 Å². The maximum atomic E-state index is 13.1. The van der Waals surface area contributed by atoms with Gasteiger partial charge in [0.2, 0.25) is 5.95 Å². The molecule has 0 aromatic carbocycles. The van der Waals surface area contributed by atoms with Crippen LogP contribution < -0.4 is 16.3 Å². The Morgan fingerprint density at radius 3 is 2.69 bits per heavy atom. The molecule has 0 radical (unpaired) electrons. The van der Waals surface area contributed by atoms with Crippen molar-refractivity contribution in [2.75, 3.05) is 18.2 Å². The van der Waals surface area contributed by atoms with Crippen molar-refractivity contribution < 1.29 is 5.11 Å². The van der Waals surface area contributed by atoms with Crippen molar-refractivity contribution in [2.45, 2.75) is 39.8 Å². The number of rotatable bonds is 5. The Morgan fingerprint density at radius 2 is 2.04 bits per heavy atom. The summed E-state index contributed by atoms with van der Waals surface area (Å²) in [6.07, 6.45) is 4.10. The van der Waals surface area contributed by atoms with Gasteiger partial charge in [0.25, 0.3) is 5.56 Å². The number of aliphatic hydroxyl groups excluding tert-OH is 1. The number of anilines is 1. The van der Waals surface area contributed by atoms with Gasteiger partial charge in [-0.15, -0.1) is 0 Å². The Morgan fingerprint density at radius 1 is 1.31 bits per heavy atom. The SMILES string of the molecule is CC=CCn1c(=O)c2c(nc3n2C(C)C(C)=NN3CCCO)n(C)c1=O. The van der Waals surface area contributed by atoms with E-state index in [-0.39, 0.29) is 24.8 Å². The van der Waals surface area contributed by atoms with Crippen LogP contribution in [0.1, 0.15) is 33.2 Å². The van der Waals surface area contributed by atoms with E-state index in [0.717, 1.165) is 5.71 Å². The fourth-order valence-corrected chi connectivity index (χ4v) is 3.12. The normalized spacial score (nSPS) is 17.2. The summed E-state index contributed by atoms with van der Waals surface area (Å²) >= 11 is 0. The second-order valence-corrected chi connectivity index (χ2v) is 6.40. The lowest BCUT2D eigenvalue weighted by Gasteiger charge is -2.29. The molecule has 0 bridgehead atoms. The third-order valence-corrected chi connectivity index (χ3v) is 4.71. The number of fused-ring (bicyclic) bond motifs is 3. The third-order valence-electron chi connectivity index (χ3n) is 4.71. The minimum atomic E-state index is -0.400. The Kier molecular flexibility index (Phi) is 4.82. The number of hydrogen-bond donors (Lipinski definition) is 1. The van der Waals surface area contributed by atoms with Crippen molar-refractivity contribution in [2.24, 2.45) is 12.1 Å². The van der Waals surface area contributed by atoms with Crippen molar-refractivity contribution in [3.63, 3.8) is 0 Å². The van der Waals surface area contributed by atoms with Gasteiger partial charge in [0.05, 0.1) is 11.8 Å². The molecule has 3 rings (SSSR count). The summed E-state index contributed by atoms with van der Waals surface area (Å²) in [6.45, 7) is 6.42. The summed E-state index contributed by atoms with van der Waals surface area (Å²) < 4.78 is 4.45. The number of hydrogen-bond acceptors (Lipinski definition) is 6. The maximum absolute atomic E-state index is 13.1. The maximum Gasteiger partial charge on any atom is 0.332 e. The first kappa shape index (κ1) is 18.1. The summed E-state index contributed by atoms with van der Waals surface area (Å²) in [5, 5.41) is 15.4. The van der Waals surface area contributed by atoms with E-state index in [1.54, 1.807) is 24.2 Å². The second kappa shape index (κ2) is 6.91. The van der Waals surface area contributed by atoms with Crippen molar-refractivity contribution in [1.29, 1.82) is 0 Å². The van der Waals surface area contributed by atoms with Gasteiger partial charge in [0.15, 0.2) is 11.2 Å². The largest absolute Gasteiger partial charge is 0.396 e. The number of nitrogens with zero attached hydrogens (tertiary/aromatic N) is 6. The van der Waals surface area contributed by atoms with Crippen molar-refractivity contribution >= 4 is 22.8 Å². The first-order valence-corrected chi connectivity index (χ1v) is 8.68. The Labute approximate surface area is 150 Å². The van der Waals surface area contributed by atoms with Gasteiger partial charge in [0.1, 0.15) is 0 Å². The summed E-state index contributed by atoms with van der Waals surface area (Å²) in [7, 11) is 1.62. The number of aryl methyl sites for hydroxylation is 1. The molecule has 3 heterocycles. The van der Waals surface area contributed by atoms with Crippen LogP contribution in [0.3, 0.4) is 0 Å². The minimum absolute atomic E-state index is 0.0372. The zero-order valence-corrected chi connectivity index (χ0v) is 15.5. The molecule has 0 saturated heterocycles. The lowest BCUT2D eigenvalue weighted by Crippen LogP contribution is -2.40. The van der Waals surface area contributed by atoms with Crippen LogP contribution in [-0.2, 0) is 13.6 Å². The van der Waals surface area contributed by atoms with Crippen LogP contribution in [0.2, 0.25) is 0 Å². The number of hydrazone groups is 1. The quantitative estimate of drug-likeness (QED) is 0.788. The monoisotopic (exact) mass is 360 g/mol. The molecule has 0 aliphatic carbocycles. The molecule has 9 nitrogen and oxygen atoms in total. The highest BCUT2D eigenvalue weighted by Gasteiger charge is 2.30. The molecule has 1 unspecified atom stereocenters. The summed E-state index contributed by atoms with van der Waals surface area (Å²) in [5.41, 5.74) is 0.815. The highest BCUT2D eigenvalue weighted by atomic mass is 16.3. The molecule has 1 N–H and O–H groups in total. The topological polar surface area (TPSA) is 97.7 Å². The first-order valence-electron chi connectivity index (χ1n) is 8.68. The van der Waals surface area contributed by atoms with E-state index in [1.807, 2.05) is 25.3 Å². The van der Waals surface area contributed by atoms with E-state index in [1.165, 1.54) is 9.13 Å². The van der Waals surface area contributed by atoms with Crippen LogP contribution in [0.4, 0.5) is 5.95 Å².